The third-order valence-corrected chi connectivity index (χ3v) is 4.88. The number of hydrogen-bond acceptors (Lipinski definition) is 3. The van der Waals surface area contributed by atoms with Gasteiger partial charge in [0.1, 0.15) is 0 Å². The molecule has 1 aromatic rings. The van der Waals surface area contributed by atoms with Gasteiger partial charge in [0, 0.05) is 44.9 Å². The largest absolute Gasteiger partial charge is 0.376 e. The minimum absolute atomic E-state index is 0.0585. The van der Waals surface area contributed by atoms with Gasteiger partial charge in [-0.15, -0.1) is 0 Å². The molecule has 1 aromatic carbocycles. The van der Waals surface area contributed by atoms with Crippen LogP contribution in [0.5, 0.6) is 0 Å². The van der Waals surface area contributed by atoms with E-state index in [9.17, 15) is 9.59 Å². The van der Waals surface area contributed by atoms with Gasteiger partial charge in [0.2, 0.25) is 5.91 Å². The number of carbonyl (C=O) groups is 2. The molecule has 2 saturated heterocycles. The van der Waals surface area contributed by atoms with E-state index >= 15 is 0 Å². The number of hydrogen-bond donors (Lipinski definition) is 1. The first-order valence-corrected chi connectivity index (χ1v) is 9.21. The number of urea groups is 1. The molecule has 6 nitrogen and oxygen atoms in total. The highest BCUT2D eigenvalue weighted by atomic mass is 16.5. The first-order chi connectivity index (χ1) is 12.2. The third-order valence-electron chi connectivity index (χ3n) is 4.88. The molecular formula is C19H27N3O3. The second-order valence-corrected chi connectivity index (χ2v) is 6.65. The number of benzene rings is 1. The summed E-state index contributed by atoms with van der Waals surface area (Å²) in [5, 5.41) is 2.97. The summed E-state index contributed by atoms with van der Waals surface area (Å²) in [5.41, 5.74) is 1.96. The first kappa shape index (κ1) is 17.7. The maximum atomic E-state index is 12.4. The van der Waals surface area contributed by atoms with Crippen LogP contribution in [0.2, 0.25) is 0 Å². The van der Waals surface area contributed by atoms with Gasteiger partial charge in [-0.1, -0.05) is 12.1 Å². The molecule has 1 atom stereocenters. The molecular weight excluding hydrogens is 318 g/mol. The van der Waals surface area contributed by atoms with E-state index in [2.05, 4.69) is 5.32 Å². The molecule has 0 bridgehead atoms. The molecule has 2 aliphatic rings. The molecule has 0 radical (unpaired) electrons. The van der Waals surface area contributed by atoms with Crippen molar-refractivity contribution in [3.8, 4) is 0 Å². The summed E-state index contributed by atoms with van der Waals surface area (Å²) in [7, 11) is 0. The van der Waals surface area contributed by atoms with Gasteiger partial charge in [0.05, 0.1) is 6.10 Å². The SMILES string of the molecule is CCN(CC1CCCO1)C(=O)NCc1ccc(N2CCCC2=O)cc1. The van der Waals surface area contributed by atoms with Gasteiger partial charge < -0.3 is 19.9 Å². The molecule has 0 spiro atoms. The second-order valence-electron chi connectivity index (χ2n) is 6.65. The highest BCUT2D eigenvalue weighted by Crippen LogP contribution is 2.21. The highest BCUT2D eigenvalue weighted by Gasteiger charge is 2.22. The molecule has 3 rings (SSSR count). The van der Waals surface area contributed by atoms with Crippen molar-refractivity contribution < 1.29 is 14.3 Å². The number of ether oxygens (including phenoxy) is 1. The Morgan fingerprint density at radius 2 is 2.12 bits per heavy atom. The number of anilines is 1. The Morgan fingerprint density at radius 1 is 1.32 bits per heavy atom. The number of carbonyl (C=O) groups excluding carboxylic acids is 2. The minimum Gasteiger partial charge on any atom is -0.376 e. The average Bonchev–Trinajstić information content (AvgIpc) is 3.29. The highest BCUT2D eigenvalue weighted by molar-refractivity contribution is 5.95. The Labute approximate surface area is 149 Å². The summed E-state index contributed by atoms with van der Waals surface area (Å²) in [5.74, 6) is 0.189. The lowest BCUT2D eigenvalue weighted by Gasteiger charge is -2.24. The van der Waals surface area contributed by atoms with Crippen LogP contribution in [0, 0.1) is 0 Å². The fourth-order valence-electron chi connectivity index (χ4n) is 3.39. The van der Waals surface area contributed by atoms with Gasteiger partial charge in [0.15, 0.2) is 0 Å². The van der Waals surface area contributed by atoms with Gasteiger partial charge >= 0.3 is 6.03 Å². The van der Waals surface area contributed by atoms with E-state index < -0.39 is 0 Å². The van der Waals surface area contributed by atoms with Crippen LogP contribution in [-0.2, 0) is 16.1 Å². The summed E-state index contributed by atoms with van der Waals surface area (Å²) in [6.07, 6.45) is 3.84. The van der Waals surface area contributed by atoms with Crippen molar-refractivity contribution in [2.45, 2.75) is 45.3 Å². The number of rotatable bonds is 6. The van der Waals surface area contributed by atoms with Crippen molar-refractivity contribution in [3.63, 3.8) is 0 Å². The van der Waals surface area contributed by atoms with Crippen molar-refractivity contribution >= 4 is 17.6 Å². The first-order valence-electron chi connectivity index (χ1n) is 9.21. The fourth-order valence-corrected chi connectivity index (χ4v) is 3.39. The van der Waals surface area contributed by atoms with E-state index in [1.165, 1.54) is 0 Å². The van der Waals surface area contributed by atoms with Crippen molar-refractivity contribution in [2.75, 3.05) is 31.1 Å². The summed E-state index contributed by atoms with van der Waals surface area (Å²) in [4.78, 5) is 27.8. The normalized spacial score (nSPS) is 20.1. The number of nitrogens with zero attached hydrogens (tertiary/aromatic N) is 2. The summed E-state index contributed by atoms with van der Waals surface area (Å²) in [6.45, 7) is 5.38. The van der Waals surface area contributed by atoms with Crippen molar-refractivity contribution in [2.24, 2.45) is 0 Å². The van der Waals surface area contributed by atoms with Gasteiger partial charge in [-0.05, 0) is 43.9 Å². The molecule has 1 unspecified atom stereocenters. The van der Waals surface area contributed by atoms with Crippen LogP contribution in [0.4, 0.5) is 10.5 Å². The second kappa shape index (κ2) is 8.34. The lowest BCUT2D eigenvalue weighted by atomic mass is 10.2. The molecule has 3 amide bonds. The monoisotopic (exact) mass is 345 g/mol. The van der Waals surface area contributed by atoms with Crippen molar-refractivity contribution in [1.82, 2.24) is 10.2 Å². The van der Waals surface area contributed by atoms with Crippen LogP contribution in [0.1, 0.15) is 38.2 Å². The molecule has 1 N–H and O–H groups in total. The topological polar surface area (TPSA) is 61.9 Å². The zero-order valence-corrected chi connectivity index (χ0v) is 14.9. The Kier molecular flexibility index (Phi) is 5.91. The minimum atomic E-state index is -0.0585. The molecule has 0 aliphatic carbocycles. The smallest absolute Gasteiger partial charge is 0.317 e. The zero-order valence-electron chi connectivity index (χ0n) is 14.9. The van der Waals surface area contributed by atoms with Crippen LogP contribution in [-0.4, -0.2) is 49.2 Å². The molecule has 0 saturated carbocycles. The molecule has 136 valence electrons. The van der Waals surface area contributed by atoms with Gasteiger partial charge in [0.25, 0.3) is 0 Å². The van der Waals surface area contributed by atoms with E-state index in [1.54, 1.807) is 4.90 Å². The predicted molar refractivity (Wildman–Crippen MR) is 96.5 cm³/mol. The fraction of sp³-hybridized carbons (Fsp3) is 0.579. The van der Waals surface area contributed by atoms with Gasteiger partial charge in [-0.2, -0.15) is 0 Å². The molecule has 2 aliphatic heterocycles. The summed E-state index contributed by atoms with van der Waals surface area (Å²) in [6, 6.07) is 7.79. The standard InChI is InChI=1S/C19H27N3O3/c1-2-21(14-17-5-4-12-25-17)19(24)20-13-15-7-9-16(10-8-15)22-11-3-6-18(22)23/h7-10,17H,2-6,11-14H2,1H3,(H,20,24). The molecule has 2 fully saturated rings. The number of amides is 3. The Hall–Kier alpha value is -2.08. The van der Waals surface area contributed by atoms with Crippen LogP contribution in [0.25, 0.3) is 0 Å². The van der Waals surface area contributed by atoms with Gasteiger partial charge in [-0.3, -0.25) is 4.79 Å². The quantitative estimate of drug-likeness (QED) is 0.862. The lowest BCUT2D eigenvalue weighted by Crippen LogP contribution is -2.43. The van der Waals surface area contributed by atoms with E-state index in [4.69, 9.17) is 4.74 Å². The van der Waals surface area contributed by atoms with E-state index in [1.807, 2.05) is 36.1 Å². The van der Waals surface area contributed by atoms with Gasteiger partial charge in [-0.25, -0.2) is 4.79 Å². The van der Waals surface area contributed by atoms with E-state index in [0.717, 1.165) is 43.7 Å². The maximum Gasteiger partial charge on any atom is 0.317 e. The average molecular weight is 345 g/mol. The summed E-state index contributed by atoms with van der Waals surface area (Å²) >= 11 is 0. The number of nitrogens with one attached hydrogen (secondary N) is 1. The maximum absolute atomic E-state index is 12.4. The van der Waals surface area contributed by atoms with Crippen LogP contribution in [0.3, 0.4) is 0 Å². The lowest BCUT2D eigenvalue weighted by molar-refractivity contribution is -0.117. The molecule has 2 heterocycles. The van der Waals surface area contributed by atoms with E-state index in [0.29, 0.717) is 26.1 Å². The molecule has 0 aromatic heterocycles. The number of likely N-dealkylation sites (N-methyl/N-ethyl adjacent to an activating group) is 1. The van der Waals surface area contributed by atoms with Crippen LogP contribution in [0.15, 0.2) is 24.3 Å². The Bertz CT molecular complexity index is 596. The molecule has 25 heavy (non-hydrogen) atoms. The summed E-state index contributed by atoms with van der Waals surface area (Å²) < 4.78 is 5.61. The third kappa shape index (κ3) is 4.51. The van der Waals surface area contributed by atoms with E-state index in [-0.39, 0.29) is 18.0 Å². The van der Waals surface area contributed by atoms with Crippen LogP contribution >= 0.6 is 0 Å². The Balaban J connectivity index is 1.50. The predicted octanol–water partition coefficient (Wildman–Crippen LogP) is 2.52. The van der Waals surface area contributed by atoms with Crippen molar-refractivity contribution in [3.05, 3.63) is 29.8 Å². The molecule has 6 heteroatoms. The van der Waals surface area contributed by atoms with Crippen LogP contribution < -0.4 is 10.2 Å². The Morgan fingerprint density at radius 3 is 2.72 bits per heavy atom. The van der Waals surface area contributed by atoms with Crippen molar-refractivity contribution in [1.29, 1.82) is 0 Å². The zero-order chi connectivity index (χ0) is 17.6.